The molecule has 0 aliphatic heterocycles. The molecule has 1 unspecified atom stereocenters. The fraction of sp³-hybridized carbons (Fsp3) is 0.173. The smallest absolute Gasteiger partial charge is 0.456 e. The van der Waals surface area contributed by atoms with Crippen LogP contribution in [0.5, 0.6) is 0 Å². The maximum Gasteiger partial charge on any atom is 3.00 e. The van der Waals surface area contributed by atoms with Crippen LogP contribution in [-0.2, 0) is 25.5 Å². The number of rotatable bonds is 10. The average Bonchev–Trinajstić information content (AvgIpc) is 3.86. The topological polar surface area (TPSA) is 56.7 Å². The molecule has 4 heterocycles. The fourth-order valence-electron chi connectivity index (χ4n) is 8.32. The molecule has 0 amide bonds. The van der Waals surface area contributed by atoms with Gasteiger partial charge in [0.1, 0.15) is 11.2 Å². The Labute approximate surface area is 354 Å². The summed E-state index contributed by atoms with van der Waals surface area (Å²) < 4.78 is 9.07. The summed E-state index contributed by atoms with van der Waals surface area (Å²) in [6, 6.07) is 56.4. The van der Waals surface area contributed by atoms with Gasteiger partial charge in [0.15, 0.2) is 0 Å². The van der Waals surface area contributed by atoms with E-state index < -0.39 is 5.41 Å². The first-order valence-corrected chi connectivity index (χ1v) is 19.7. The molecule has 9 aromatic rings. The van der Waals surface area contributed by atoms with E-state index in [0.717, 1.165) is 78.3 Å². The number of imidazole rings is 1. The predicted octanol–water partition coefficient (Wildman–Crippen LogP) is 12.4. The van der Waals surface area contributed by atoms with Gasteiger partial charge in [0.2, 0.25) is 0 Å². The third kappa shape index (κ3) is 6.81. The predicted molar refractivity (Wildman–Crippen MR) is 229 cm³/mol. The minimum absolute atomic E-state index is 0. The van der Waals surface area contributed by atoms with Crippen molar-refractivity contribution in [1.82, 2.24) is 19.5 Å². The van der Waals surface area contributed by atoms with Crippen molar-refractivity contribution in [3.8, 4) is 17.1 Å². The van der Waals surface area contributed by atoms with Crippen molar-refractivity contribution >= 4 is 21.9 Å². The van der Waals surface area contributed by atoms with Crippen molar-refractivity contribution in [2.45, 2.75) is 57.8 Å². The van der Waals surface area contributed by atoms with Crippen molar-refractivity contribution in [2.75, 3.05) is 0 Å². The van der Waals surface area contributed by atoms with Gasteiger partial charge < -0.3 is 8.98 Å². The van der Waals surface area contributed by atoms with Gasteiger partial charge in [0, 0.05) is 51.9 Å². The molecule has 0 spiro atoms. The molecule has 0 aliphatic carbocycles. The summed E-state index contributed by atoms with van der Waals surface area (Å²) in [5.74, 6) is 0.835. The van der Waals surface area contributed by atoms with E-state index in [0.29, 0.717) is 0 Å². The molecule has 0 radical (unpaired) electrons. The second-order valence-electron chi connectivity index (χ2n) is 15.5. The molecule has 2 atom stereocenters. The van der Waals surface area contributed by atoms with Crippen LogP contribution >= 0.6 is 0 Å². The number of aromatic nitrogens is 4. The zero-order valence-corrected chi connectivity index (χ0v) is 35.6. The number of pyridine rings is 2. The quantitative estimate of drug-likeness (QED) is 0.128. The monoisotopic (exact) mass is 932 g/mol. The minimum atomic E-state index is -0.645. The van der Waals surface area contributed by atoms with Crippen LogP contribution in [0.25, 0.3) is 39.0 Å². The van der Waals surface area contributed by atoms with Crippen molar-refractivity contribution < 1.29 is 24.5 Å². The maximum atomic E-state index is 6.78. The van der Waals surface area contributed by atoms with Crippen LogP contribution in [-0.4, -0.2) is 19.5 Å². The number of para-hydroxylation sites is 1. The van der Waals surface area contributed by atoms with E-state index in [1.807, 2.05) is 67.0 Å². The SMILES string of the molecule is CC(C)c1cc2c(oc3ccccc32)c(C(C)C)c1-n1cc([C@@H](c2[c-]cccc2)c2ccccn2)nc1-c1[c-]c(C(C)(c2[c-]cccc2)c2ccccn2)ccc1.[Ir+3]. The fourth-order valence-corrected chi connectivity index (χ4v) is 8.32. The Hall–Kier alpha value is -5.94. The van der Waals surface area contributed by atoms with Crippen LogP contribution in [0, 0.1) is 18.2 Å². The van der Waals surface area contributed by atoms with Gasteiger partial charge in [-0.3, -0.25) is 15.0 Å². The van der Waals surface area contributed by atoms with E-state index in [1.165, 1.54) is 5.56 Å². The van der Waals surface area contributed by atoms with E-state index in [-0.39, 0.29) is 37.9 Å². The summed E-state index contributed by atoms with van der Waals surface area (Å²) in [5.41, 5.74) is 11.1. The van der Waals surface area contributed by atoms with Gasteiger partial charge in [-0.15, -0.1) is 46.5 Å². The molecule has 0 fully saturated rings. The number of hydrogen-bond donors (Lipinski definition) is 0. The third-order valence-electron chi connectivity index (χ3n) is 11.2. The largest absolute Gasteiger partial charge is 3.00 e. The van der Waals surface area contributed by atoms with Crippen molar-refractivity contribution in [3.05, 3.63) is 215 Å². The number of nitrogens with zero attached hydrogens (tertiary/aromatic N) is 4. The first-order chi connectivity index (χ1) is 27.8. The molecule has 0 saturated carbocycles. The number of furan rings is 1. The van der Waals surface area contributed by atoms with Gasteiger partial charge in [0.25, 0.3) is 0 Å². The Kier molecular flexibility index (Phi) is 10.8. The summed E-state index contributed by atoms with van der Waals surface area (Å²) in [6.45, 7) is 11.3. The van der Waals surface area contributed by atoms with Gasteiger partial charge in [-0.2, -0.15) is 60.7 Å². The van der Waals surface area contributed by atoms with E-state index in [2.05, 4.69) is 142 Å². The molecule has 0 N–H and O–H groups in total. The number of benzene rings is 5. The maximum absolute atomic E-state index is 6.78. The summed E-state index contributed by atoms with van der Waals surface area (Å²) in [6.07, 6.45) is 5.91. The molecule has 6 heteroatoms. The second kappa shape index (κ2) is 16.1. The molecular weight excluding hydrogens is 889 g/mol. The average molecular weight is 932 g/mol. The Bertz CT molecular complexity index is 2730. The van der Waals surface area contributed by atoms with Crippen molar-refractivity contribution in [1.29, 1.82) is 0 Å². The second-order valence-corrected chi connectivity index (χ2v) is 15.5. The molecule has 0 aliphatic rings. The van der Waals surface area contributed by atoms with Crippen molar-refractivity contribution in [2.24, 2.45) is 0 Å². The Morgan fingerprint density at radius 2 is 1.40 bits per heavy atom. The molecule has 0 saturated heterocycles. The normalized spacial score (nSPS) is 13.2. The standard InChI is InChI=1S/C52H43N4O.Ir/c1-34(2)41-32-42-40-25-12-13-27-45(40)57-50(42)47(35(3)4)49(41)56-33-44(48(36-19-8-6-9-20-36)43-26-14-16-29-53-43)55-51(56)37-21-18-24-39(31-37)52(5,38-22-10-7-11-23-38)46-28-15-17-30-54-46;/h6-19,21-22,24-30,32-35,48H,1-5H3;/q-3;+3/t48-,52?;/m0./s1. The van der Waals surface area contributed by atoms with E-state index >= 15 is 0 Å². The van der Waals surface area contributed by atoms with Crippen LogP contribution < -0.4 is 0 Å². The molecule has 4 aromatic heterocycles. The van der Waals surface area contributed by atoms with Gasteiger partial charge in [0.05, 0.1) is 22.9 Å². The molecular formula is C52H43IrN4O. The summed E-state index contributed by atoms with van der Waals surface area (Å²) in [4.78, 5) is 15.4. The van der Waals surface area contributed by atoms with Gasteiger partial charge in [-0.05, 0) is 60.7 Å². The molecule has 58 heavy (non-hydrogen) atoms. The molecule has 286 valence electrons. The van der Waals surface area contributed by atoms with Crippen LogP contribution in [0.1, 0.15) is 97.3 Å². The van der Waals surface area contributed by atoms with E-state index in [9.17, 15) is 0 Å². The Balaban J connectivity index is 0.00000469. The zero-order valence-electron chi connectivity index (χ0n) is 33.2. The molecule has 5 nitrogen and oxygen atoms in total. The van der Waals surface area contributed by atoms with Crippen LogP contribution in [0.3, 0.4) is 0 Å². The van der Waals surface area contributed by atoms with Gasteiger partial charge in [-0.1, -0.05) is 58.0 Å². The van der Waals surface area contributed by atoms with E-state index in [4.69, 9.17) is 19.4 Å². The van der Waals surface area contributed by atoms with Gasteiger partial charge in [-0.25, -0.2) is 0 Å². The van der Waals surface area contributed by atoms with E-state index in [1.54, 1.807) is 0 Å². The molecule has 5 aromatic carbocycles. The Morgan fingerprint density at radius 1 is 0.672 bits per heavy atom. The van der Waals surface area contributed by atoms with Crippen molar-refractivity contribution in [3.63, 3.8) is 0 Å². The summed E-state index contributed by atoms with van der Waals surface area (Å²) in [5, 5.41) is 2.25. The van der Waals surface area contributed by atoms with Crippen LogP contribution in [0.15, 0.2) is 156 Å². The minimum Gasteiger partial charge on any atom is -0.456 e. The summed E-state index contributed by atoms with van der Waals surface area (Å²) in [7, 11) is 0. The summed E-state index contributed by atoms with van der Waals surface area (Å²) >= 11 is 0. The third-order valence-corrected chi connectivity index (χ3v) is 11.2. The first kappa shape index (κ1) is 38.9. The Morgan fingerprint density at radius 3 is 2.09 bits per heavy atom. The van der Waals surface area contributed by atoms with Crippen LogP contribution in [0.4, 0.5) is 0 Å². The number of hydrogen-bond acceptors (Lipinski definition) is 4. The zero-order chi connectivity index (χ0) is 39.1. The first-order valence-electron chi connectivity index (χ1n) is 19.7. The molecule has 9 rings (SSSR count). The van der Waals surface area contributed by atoms with Gasteiger partial charge >= 0.3 is 20.1 Å². The van der Waals surface area contributed by atoms with Crippen LogP contribution in [0.2, 0.25) is 0 Å². The number of fused-ring (bicyclic) bond motifs is 3. The molecule has 0 bridgehead atoms.